The van der Waals surface area contributed by atoms with Crippen molar-refractivity contribution in [3.63, 3.8) is 0 Å². The molecule has 0 bridgehead atoms. The lowest BCUT2D eigenvalue weighted by Crippen LogP contribution is -2.11. The highest BCUT2D eigenvalue weighted by Gasteiger charge is 2.25. The van der Waals surface area contributed by atoms with Crippen LogP contribution in [0.1, 0.15) is 22.3 Å². The summed E-state index contributed by atoms with van der Waals surface area (Å²) in [5, 5.41) is 11.3. The quantitative estimate of drug-likeness (QED) is 0.402. The highest BCUT2D eigenvalue weighted by molar-refractivity contribution is 7.86. The SMILES string of the molecule is COc1cc(COS(=O)(=O)c2c(C)cc(C)cc2C)c([N+](=O)[O-])cc1OC. The van der Waals surface area contributed by atoms with E-state index >= 15 is 0 Å². The molecule has 0 amide bonds. The summed E-state index contributed by atoms with van der Waals surface area (Å²) in [5.74, 6) is 0.405. The Kier molecular flexibility index (Phi) is 6.07. The minimum atomic E-state index is -4.11. The summed E-state index contributed by atoms with van der Waals surface area (Å²) in [6.07, 6.45) is 0. The van der Waals surface area contributed by atoms with E-state index in [1.807, 2.05) is 6.92 Å². The van der Waals surface area contributed by atoms with Crippen LogP contribution in [0.3, 0.4) is 0 Å². The lowest BCUT2D eigenvalue weighted by molar-refractivity contribution is -0.385. The molecule has 0 aliphatic carbocycles. The van der Waals surface area contributed by atoms with Crippen molar-refractivity contribution in [1.29, 1.82) is 0 Å². The molecule has 2 aromatic carbocycles. The van der Waals surface area contributed by atoms with Gasteiger partial charge in [-0.1, -0.05) is 17.7 Å². The Morgan fingerprint density at radius 1 is 0.963 bits per heavy atom. The van der Waals surface area contributed by atoms with Crippen LogP contribution in [0.2, 0.25) is 0 Å². The summed E-state index contributed by atoms with van der Waals surface area (Å²) < 4.78 is 40.7. The standard InChI is InChI=1S/C18H21NO7S/c1-11-6-12(2)18(13(3)7-11)27(22,23)26-10-14-8-16(24-4)17(25-5)9-15(14)19(20)21/h6-9H,10H2,1-5H3. The maximum absolute atomic E-state index is 12.7. The average molecular weight is 395 g/mol. The van der Waals surface area contributed by atoms with Crippen LogP contribution >= 0.6 is 0 Å². The van der Waals surface area contributed by atoms with Crippen LogP contribution in [0, 0.1) is 30.9 Å². The number of nitro benzene ring substituents is 1. The molecular weight excluding hydrogens is 374 g/mol. The molecule has 0 spiro atoms. The zero-order valence-corrected chi connectivity index (χ0v) is 16.5. The van der Waals surface area contributed by atoms with E-state index in [1.165, 1.54) is 26.4 Å². The fourth-order valence-corrected chi connectivity index (χ4v) is 4.26. The van der Waals surface area contributed by atoms with E-state index in [1.54, 1.807) is 26.0 Å². The van der Waals surface area contributed by atoms with Gasteiger partial charge in [-0.25, -0.2) is 0 Å². The number of benzene rings is 2. The van der Waals surface area contributed by atoms with Gasteiger partial charge in [0.2, 0.25) is 0 Å². The van der Waals surface area contributed by atoms with Crippen molar-refractivity contribution in [2.45, 2.75) is 32.3 Å². The Morgan fingerprint density at radius 3 is 1.96 bits per heavy atom. The molecule has 0 aliphatic heterocycles. The summed E-state index contributed by atoms with van der Waals surface area (Å²) in [6.45, 7) is 4.71. The second kappa shape index (κ2) is 7.93. The van der Waals surface area contributed by atoms with E-state index in [0.29, 0.717) is 11.1 Å². The molecule has 2 aromatic rings. The molecule has 0 unspecified atom stereocenters. The minimum Gasteiger partial charge on any atom is -0.493 e. The van der Waals surface area contributed by atoms with E-state index < -0.39 is 21.6 Å². The summed E-state index contributed by atoms with van der Waals surface area (Å²) in [6, 6.07) is 5.98. The largest absolute Gasteiger partial charge is 0.493 e. The molecule has 0 aliphatic rings. The number of nitro groups is 1. The Labute approximate surface area is 158 Å². The van der Waals surface area contributed by atoms with Crippen LogP contribution in [0.4, 0.5) is 5.69 Å². The molecule has 0 fully saturated rings. The molecule has 8 nitrogen and oxygen atoms in total. The Bertz CT molecular complexity index is 960. The van der Waals surface area contributed by atoms with Crippen molar-refractivity contribution in [1.82, 2.24) is 0 Å². The minimum absolute atomic E-state index is 0.0589. The van der Waals surface area contributed by atoms with E-state index in [-0.39, 0.29) is 27.6 Å². The third kappa shape index (κ3) is 4.37. The molecule has 0 aromatic heterocycles. The second-order valence-corrected chi connectivity index (χ2v) is 7.59. The zero-order valence-electron chi connectivity index (χ0n) is 15.7. The monoisotopic (exact) mass is 395 g/mol. The van der Waals surface area contributed by atoms with Crippen molar-refractivity contribution in [2.24, 2.45) is 0 Å². The first-order valence-corrected chi connectivity index (χ1v) is 9.38. The lowest BCUT2D eigenvalue weighted by Gasteiger charge is -2.13. The topological polar surface area (TPSA) is 105 Å². The van der Waals surface area contributed by atoms with Gasteiger partial charge >= 0.3 is 0 Å². The van der Waals surface area contributed by atoms with Crippen LogP contribution in [-0.2, 0) is 20.9 Å². The molecule has 0 atom stereocenters. The van der Waals surface area contributed by atoms with Gasteiger partial charge in [-0.05, 0) is 38.0 Å². The highest BCUT2D eigenvalue weighted by atomic mass is 32.2. The number of nitrogens with zero attached hydrogens (tertiary/aromatic N) is 1. The summed E-state index contributed by atoms with van der Waals surface area (Å²) >= 11 is 0. The maximum Gasteiger partial charge on any atom is 0.297 e. The maximum atomic E-state index is 12.7. The smallest absolute Gasteiger partial charge is 0.297 e. The van der Waals surface area contributed by atoms with Crippen LogP contribution in [0.25, 0.3) is 0 Å². The first-order chi connectivity index (χ1) is 12.6. The van der Waals surface area contributed by atoms with Gasteiger partial charge in [-0.3, -0.25) is 14.3 Å². The molecular formula is C18H21NO7S. The number of rotatable bonds is 7. The highest BCUT2D eigenvalue weighted by Crippen LogP contribution is 2.35. The van der Waals surface area contributed by atoms with Crippen LogP contribution in [-0.4, -0.2) is 27.6 Å². The van der Waals surface area contributed by atoms with Crippen LogP contribution in [0.15, 0.2) is 29.2 Å². The molecule has 146 valence electrons. The summed E-state index contributed by atoms with van der Waals surface area (Å²) in [4.78, 5) is 10.8. The third-order valence-electron chi connectivity index (χ3n) is 4.01. The zero-order chi connectivity index (χ0) is 20.4. The fraction of sp³-hybridized carbons (Fsp3) is 0.333. The predicted octanol–water partition coefficient (Wildman–Crippen LogP) is 3.44. The van der Waals surface area contributed by atoms with Gasteiger partial charge in [0.25, 0.3) is 15.8 Å². The molecule has 0 saturated carbocycles. The third-order valence-corrected chi connectivity index (χ3v) is 5.58. The van der Waals surface area contributed by atoms with Gasteiger partial charge in [-0.2, -0.15) is 8.42 Å². The Morgan fingerprint density at radius 2 is 1.48 bits per heavy atom. The molecule has 27 heavy (non-hydrogen) atoms. The van der Waals surface area contributed by atoms with Crippen LogP contribution < -0.4 is 9.47 Å². The fourth-order valence-electron chi connectivity index (χ4n) is 2.96. The van der Waals surface area contributed by atoms with Crippen molar-refractivity contribution >= 4 is 15.8 Å². The van der Waals surface area contributed by atoms with Crippen molar-refractivity contribution in [3.05, 3.63) is 56.6 Å². The van der Waals surface area contributed by atoms with E-state index in [4.69, 9.17) is 13.7 Å². The molecule has 0 N–H and O–H groups in total. The molecule has 0 radical (unpaired) electrons. The Hall–Kier alpha value is -2.65. The van der Waals surface area contributed by atoms with Crippen molar-refractivity contribution in [2.75, 3.05) is 14.2 Å². The van der Waals surface area contributed by atoms with Gasteiger partial charge in [0.1, 0.15) is 0 Å². The Balaban J connectivity index is 2.42. The normalized spacial score (nSPS) is 11.3. The number of methoxy groups -OCH3 is 2. The summed E-state index contributed by atoms with van der Waals surface area (Å²) in [5.41, 5.74) is 1.77. The first-order valence-electron chi connectivity index (χ1n) is 7.97. The van der Waals surface area contributed by atoms with E-state index in [2.05, 4.69) is 0 Å². The van der Waals surface area contributed by atoms with Crippen molar-refractivity contribution in [3.8, 4) is 11.5 Å². The number of hydrogen-bond acceptors (Lipinski definition) is 7. The van der Waals surface area contributed by atoms with Gasteiger partial charge in [-0.15, -0.1) is 0 Å². The van der Waals surface area contributed by atoms with Gasteiger partial charge < -0.3 is 9.47 Å². The first kappa shape index (κ1) is 20.7. The number of hydrogen-bond donors (Lipinski definition) is 0. The van der Waals surface area contributed by atoms with Crippen molar-refractivity contribution < 1.29 is 27.0 Å². The molecule has 2 rings (SSSR count). The molecule has 0 saturated heterocycles. The van der Waals surface area contributed by atoms with Gasteiger partial charge in [0.05, 0.1) is 42.3 Å². The number of aryl methyl sites for hydroxylation is 3. The van der Waals surface area contributed by atoms with E-state index in [0.717, 1.165) is 5.56 Å². The molecule has 0 heterocycles. The second-order valence-electron chi connectivity index (χ2n) is 6.04. The number of ether oxygens (including phenoxy) is 2. The average Bonchev–Trinajstić information content (AvgIpc) is 2.57. The molecule has 9 heteroatoms. The summed E-state index contributed by atoms with van der Waals surface area (Å²) in [7, 11) is -1.38. The van der Waals surface area contributed by atoms with Gasteiger partial charge in [0.15, 0.2) is 11.5 Å². The predicted molar refractivity (Wildman–Crippen MR) is 98.8 cm³/mol. The van der Waals surface area contributed by atoms with Gasteiger partial charge in [0, 0.05) is 0 Å². The van der Waals surface area contributed by atoms with Crippen LogP contribution in [0.5, 0.6) is 11.5 Å². The van der Waals surface area contributed by atoms with E-state index in [9.17, 15) is 18.5 Å². The lowest BCUT2D eigenvalue weighted by atomic mass is 10.1.